The highest BCUT2D eigenvalue weighted by atomic mass is 19.1. The molecule has 0 aromatic heterocycles. The van der Waals surface area contributed by atoms with Gasteiger partial charge in [-0.3, -0.25) is 9.59 Å². The summed E-state index contributed by atoms with van der Waals surface area (Å²) in [7, 11) is 0. The van der Waals surface area contributed by atoms with E-state index >= 15 is 0 Å². The summed E-state index contributed by atoms with van der Waals surface area (Å²) in [5.41, 5.74) is 6.13. The van der Waals surface area contributed by atoms with Crippen LogP contribution in [0.25, 0.3) is 0 Å². The Hall–Kier alpha value is -2.21. The van der Waals surface area contributed by atoms with Crippen LogP contribution in [0.2, 0.25) is 0 Å². The maximum Gasteiger partial charge on any atom is 0.242 e. The van der Waals surface area contributed by atoms with E-state index in [1.165, 1.54) is 11.0 Å². The molecule has 0 aliphatic carbocycles. The number of hydrogen-bond donors (Lipinski definition) is 2. The molecule has 1 aromatic rings. The normalized spacial score (nSPS) is 11.9. The Labute approximate surface area is 136 Å². The monoisotopic (exact) mass is 321 g/mol. The van der Waals surface area contributed by atoms with Gasteiger partial charge in [0.15, 0.2) is 0 Å². The number of amides is 2. The molecule has 0 aliphatic rings. The standard InChI is InChI=1S/C17H24FN3O2/c1-4-9-21(11-13-7-5-6-8-14(13)18)15(22)10-20-17(23)16(19)12(2)3/h4-8,12,16H,1,9-11,19H2,2-3H3,(H,20,23)/t16-/m0/s1. The zero-order valence-electron chi connectivity index (χ0n) is 13.6. The Morgan fingerprint density at radius 3 is 2.61 bits per heavy atom. The zero-order chi connectivity index (χ0) is 17.4. The molecule has 0 aliphatic heterocycles. The summed E-state index contributed by atoms with van der Waals surface area (Å²) in [5, 5.41) is 2.52. The van der Waals surface area contributed by atoms with Crippen LogP contribution in [0.15, 0.2) is 36.9 Å². The lowest BCUT2D eigenvalue weighted by molar-refractivity contribution is -0.133. The number of nitrogens with one attached hydrogen (secondary N) is 1. The third-order valence-electron chi connectivity index (χ3n) is 3.46. The van der Waals surface area contributed by atoms with E-state index in [9.17, 15) is 14.0 Å². The summed E-state index contributed by atoms with van der Waals surface area (Å²) < 4.78 is 13.7. The maximum atomic E-state index is 13.7. The van der Waals surface area contributed by atoms with Crippen molar-refractivity contribution in [3.8, 4) is 0 Å². The van der Waals surface area contributed by atoms with Crippen molar-refractivity contribution in [1.82, 2.24) is 10.2 Å². The van der Waals surface area contributed by atoms with Gasteiger partial charge in [0.25, 0.3) is 0 Å². The minimum Gasteiger partial charge on any atom is -0.346 e. The third kappa shape index (κ3) is 5.83. The number of nitrogens with two attached hydrogens (primary N) is 1. The molecule has 0 saturated carbocycles. The smallest absolute Gasteiger partial charge is 0.242 e. The van der Waals surface area contributed by atoms with Crippen LogP contribution >= 0.6 is 0 Å². The molecule has 3 N–H and O–H groups in total. The van der Waals surface area contributed by atoms with Crippen LogP contribution in [-0.2, 0) is 16.1 Å². The fraction of sp³-hybridized carbons (Fsp3) is 0.412. The van der Waals surface area contributed by atoms with E-state index in [1.807, 2.05) is 13.8 Å². The molecular formula is C17H24FN3O2. The average molecular weight is 321 g/mol. The molecule has 1 atom stereocenters. The number of carbonyl (C=O) groups is 2. The first kappa shape index (κ1) is 18.8. The fourth-order valence-corrected chi connectivity index (χ4v) is 1.94. The molecule has 0 saturated heterocycles. The van der Waals surface area contributed by atoms with E-state index in [0.717, 1.165) is 0 Å². The molecule has 0 unspecified atom stereocenters. The molecule has 2 amide bonds. The highest BCUT2D eigenvalue weighted by molar-refractivity contribution is 5.87. The summed E-state index contributed by atoms with van der Waals surface area (Å²) in [6, 6.07) is 5.59. The Bertz CT molecular complexity index is 561. The van der Waals surface area contributed by atoms with E-state index in [2.05, 4.69) is 11.9 Å². The molecule has 5 nitrogen and oxygen atoms in total. The number of benzene rings is 1. The van der Waals surface area contributed by atoms with Crippen LogP contribution in [0.4, 0.5) is 4.39 Å². The van der Waals surface area contributed by atoms with Crippen LogP contribution in [0.1, 0.15) is 19.4 Å². The molecule has 6 heteroatoms. The first-order chi connectivity index (χ1) is 10.9. The summed E-state index contributed by atoms with van der Waals surface area (Å²) >= 11 is 0. The molecule has 0 radical (unpaired) electrons. The van der Waals surface area contributed by atoms with Gasteiger partial charge in [-0.2, -0.15) is 0 Å². The summed E-state index contributed by atoms with van der Waals surface area (Å²) in [4.78, 5) is 25.5. The Morgan fingerprint density at radius 1 is 1.39 bits per heavy atom. The van der Waals surface area contributed by atoms with Gasteiger partial charge in [0, 0.05) is 18.7 Å². The van der Waals surface area contributed by atoms with Crippen molar-refractivity contribution in [2.75, 3.05) is 13.1 Å². The molecule has 126 valence electrons. The van der Waals surface area contributed by atoms with Gasteiger partial charge >= 0.3 is 0 Å². The van der Waals surface area contributed by atoms with Crippen LogP contribution in [0.5, 0.6) is 0 Å². The number of rotatable bonds is 8. The van der Waals surface area contributed by atoms with E-state index < -0.39 is 6.04 Å². The Morgan fingerprint density at radius 2 is 2.04 bits per heavy atom. The Kier molecular flexibility index (Phi) is 7.41. The number of halogens is 1. The number of carbonyl (C=O) groups excluding carboxylic acids is 2. The molecule has 23 heavy (non-hydrogen) atoms. The van der Waals surface area contributed by atoms with Crippen molar-refractivity contribution in [1.29, 1.82) is 0 Å². The lowest BCUT2D eigenvalue weighted by Crippen LogP contribution is -2.47. The second-order valence-electron chi connectivity index (χ2n) is 5.64. The van der Waals surface area contributed by atoms with Gasteiger partial charge in [-0.15, -0.1) is 6.58 Å². The zero-order valence-corrected chi connectivity index (χ0v) is 13.6. The first-order valence-electron chi connectivity index (χ1n) is 7.52. The second-order valence-corrected chi connectivity index (χ2v) is 5.64. The lowest BCUT2D eigenvalue weighted by atomic mass is 10.1. The van der Waals surface area contributed by atoms with Gasteiger partial charge in [-0.05, 0) is 12.0 Å². The molecule has 0 fully saturated rings. The van der Waals surface area contributed by atoms with Crippen LogP contribution in [-0.4, -0.2) is 35.8 Å². The largest absolute Gasteiger partial charge is 0.346 e. The van der Waals surface area contributed by atoms with E-state index in [0.29, 0.717) is 5.56 Å². The second kappa shape index (κ2) is 9.05. The Balaban J connectivity index is 2.66. The van der Waals surface area contributed by atoms with Crippen molar-refractivity contribution in [2.24, 2.45) is 11.7 Å². The molecule has 0 heterocycles. The highest BCUT2D eigenvalue weighted by Crippen LogP contribution is 2.10. The predicted molar refractivity (Wildman–Crippen MR) is 87.8 cm³/mol. The van der Waals surface area contributed by atoms with Gasteiger partial charge in [-0.25, -0.2) is 4.39 Å². The van der Waals surface area contributed by atoms with Gasteiger partial charge in [-0.1, -0.05) is 38.1 Å². The number of nitrogens with zero attached hydrogens (tertiary/aromatic N) is 1. The van der Waals surface area contributed by atoms with Crippen LogP contribution in [0, 0.1) is 11.7 Å². The van der Waals surface area contributed by atoms with Gasteiger partial charge in [0.2, 0.25) is 11.8 Å². The molecule has 0 spiro atoms. The molecular weight excluding hydrogens is 297 g/mol. The predicted octanol–water partition coefficient (Wildman–Crippen LogP) is 1.44. The van der Waals surface area contributed by atoms with E-state index in [4.69, 9.17) is 5.73 Å². The van der Waals surface area contributed by atoms with Crippen molar-refractivity contribution >= 4 is 11.8 Å². The van der Waals surface area contributed by atoms with E-state index in [1.54, 1.807) is 24.3 Å². The van der Waals surface area contributed by atoms with Crippen molar-refractivity contribution in [3.63, 3.8) is 0 Å². The summed E-state index contributed by atoms with van der Waals surface area (Å²) in [6.45, 7) is 7.45. The minimum atomic E-state index is -0.665. The van der Waals surface area contributed by atoms with Crippen LogP contribution < -0.4 is 11.1 Å². The molecule has 1 aromatic carbocycles. The first-order valence-corrected chi connectivity index (χ1v) is 7.52. The highest BCUT2D eigenvalue weighted by Gasteiger charge is 2.20. The lowest BCUT2D eigenvalue weighted by Gasteiger charge is -2.22. The summed E-state index contributed by atoms with van der Waals surface area (Å²) in [6.07, 6.45) is 1.56. The van der Waals surface area contributed by atoms with Gasteiger partial charge in [0.1, 0.15) is 5.82 Å². The van der Waals surface area contributed by atoms with Gasteiger partial charge < -0.3 is 16.0 Å². The fourth-order valence-electron chi connectivity index (χ4n) is 1.94. The topological polar surface area (TPSA) is 75.4 Å². The van der Waals surface area contributed by atoms with Crippen molar-refractivity contribution in [3.05, 3.63) is 48.3 Å². The average Bonchev–Trinajstić information content (AvgIpc) is 2.52. The van der Waals surface area contributed by atoms with Crippen molar-refractivity contribution < 1.29 is 14.0 Å². The quantitative estimate of drug-likeness (QED) is 0.712. The maximum absolute atomic E-state index is 13.7. The van der Waals surface area contributed by atoms with Crippen molar-refractivity contribution in [2.45, 2.75) is 26.4 Å². The molecule has 1 rings (SSSR count). The molecule has 0 bridgehead atoms. The number of hydrogen-bond acceptors (Lipinski definition) is 3. The van der Waals surface area contributed by atoms with Crippen LogP contribution in [0.3, 0.4) is 0 Å². The van der Waals surface area contributed by atoms with Gasteiger partial charge in [0.05, 0.1) is 12.6 Å². The van der Waals surface area contributed by atoms with E-state index in [-0.39, 0.29) is 43.2 Å². The third-order valence-corrected chi connectivity index (χ3v) is 3.46. The minimum absolute atomic E-state index is 0.0206. The summed E-state index contributed by atoms with van der Waals surface area (Å²) in [5.74, 6) is -1.09. The SMILES string of the molecule is C=CCN(Cc1ccccc1F)C(=O)CNC(=O)[C@@H](N)C(C)C.